The Labute approximate surface area is 189 Å². The standard InChI is InChI=1S/C25H35F2NO4/c26-25(27,13-12-20-8-4-3-5-9-20)19-32-15-7-2-1-6-14-28-17-24(31)21-10-11-23(30)22(16-21)18-29/h3-5,8-11,16,24,28-31H,1-2,6-7,12-15,17-19H2. The highest BCUT2D eigenvalue weighted by molar-refractivity contribution is 5.36. The van der Waals surface area contributed by atoms with Crippen molar-refractivity contribution in [1.29, 1.82) is 0 Å². The molecule has 0 aliphatic rings. The maximum atomic E-state index is 13.9. The number of hydrogen-bond acceptors (Lipinski definition) is 5. The first kappa shape index (κ1) is 26.2. The summed E-state index contributed by atoms with van der Waals surface area (Å²) in [6, 6.07) is 14.0. The summed E-state index contributed by atoms with van der Waals surface area (Å²) in [6.07, 6.45) is 2.92. The van der Waals surface area contributed by atoms with E-state index in [-0.39, 0.29) is 18.8 Å². The Morgan fingerprint density at radius 2 is 1.75 bits per heavy atom. The van der Waals surface area contributed by atoms with E-state index in [0.29, 0.717) is 30.7 Å². The van der Waals surface area contributed by atoms with Gasteiger partial charge >= 0.3 is 0 Å². The van der Waals surface area contributed by atoms with Crippen molar-refractivity contribution in [1.82, 2.24) is 5.32 Å². The van der Waals surface area contributed by atoms with Crippen LogP contribution in [0.1, 0.15) is 54.9 Å². The normalized spacial score (nSPS) is 12.8. The third-order valence-corrected chi connectivity index (χ3v) is 5.32. The average molecular weight is 452 g/mol. The van der Waals surface area contributed by atoms with Crippen molar-refractivity contribution < 1.29 is 28.8 Å². The number of ether oxygens (including phenoxy) is 1. The number of halogens is 2. The Balaban J connectivity index is 1.46. The molecule has 7 heteroatoms. The number of aromatic hydroxyl groups is 1. The van der Waals surface area contributed by atoms with Crippen LogP contribution in [0.25, 0.3) is 0 Å². The van der Waals surface area contributed by atoms with Crippen molar-refractivity contribution in [3.63, 3.8) is 0 Å². The summed E-state index contributed by atoms with van der Waals surface area (Å²) in [7, 11) is 0. The first-order valence-corrected chi connectivity index (χ1v) is 11.2. The third-order valence-electron chi connectivity index (χ3n) is 5.32. The lowest BCUT2D eigenvalue weighted by Crippen LogP contribution is -2.24. The van der Waals surface area contributed by atoms with Gasteiger partial charge in [0.25, 0.3) is 5.92 Å². The molecular weight excluding hydrogens is 416 g/mol. The molecular formula is C25H35F2NO4. The predicted molar refractivity (Wildman–Crippen MR) is 121 cm³/mol. The van der Waals surface area contributed by atoms with Gasteiger partial charge in [0.1, 0.15) is 12.4 Å². The minimum absolute atomic E-state index is 0.0105. The van der Waals surface area contributed by atoms with Crippen LogP contribution >= 0.6 is 0 Å². The minimum Gasteiger partial charge on any atom is -0.508 e. The van der Waals surface area contributed by atoms with Crippen molar-refractivity contribution in [3.8, 4) is 5.75 Å². The lowest BCUT2D eigenvalue weighted by Gasteiger charge is -2.16. The molecule has 1 atom stereocenters. The second-order valence-electron chi connectivity index (χ2n) is 8.07. The van der Waals surface area contributed by atoms with Gasteiger partial charge in [0.2, 0.25) is 0 Å². The number of rotatable bonds is 16. The molecule has 2 rings (SSSR count). The zero-order valence-electron chi connectivity index (χ0n) is 18.5. The number of hydrogen-bond donors (Lipinski definition) is 4. The van der Waals surface area contributed by atoms with Crippen LogP contribution < -0.4 is 5.32 Å². The van der Waals surface area contributed by atoms with Gasteiger partial charge in [-0.05, 0) is 49.1 Å². The molecule has 32 heavy (non-hydrogen) atoms. The fourth-order valence-corrected chi connectivity index (χ4v) is 3.37. The molecule has 2 aromatic carbocycles. The second-order valence-corrected chi connectivity index (χ2v) is 8.07. The summed E-state index contributed by atoms with van der Waals surface area (Å²) in [5, 5.41) is 32.1. The van der Waals surface area contributed by atoms with Gasteiger partial charge in [-0.25, -0.2) is 8.78 Å². The molecule has 0 aliphatic carbocycles. The summed E-state index contributed by atoms with van der Waals surface area (Å²) < 4.78 is 33.0. The maximum absolute atomic E-state index is 13.9. The fourth-order valence-electron chi connectivity index (χ4n) is 3.37. The molecule has 0 amide bonds. The second kappa shape index (κ2) is 14.2. The first-order chi connectivity index (χ1) is 15.4. The molecule has 2 aromatic rings. The molecule has 0 aromatic heterocycles. The van der Waals surface area contributed by atoms with Gasteiger partial charge in [0.05, 0.1) is 12.7 Å². The molecule has 0 fully saturated rings. The fraction of sp³-hybridized carbons (Fsp3) is 0.520. The minimum atomic E-state index is -2.81. The molecule has 1 unspecified atom stereocenters. The molecule has 5 nitrogen and oxygen atoms in total. The van der Waals surface area contributed by atoms with Gasteiger partial charge in [-0.3, -0.25) is 0 Å². The van der Waals surface area contributed by atoms with E-state index in [2.05, 4.69) is 5.32 Å². The Hall–Kier alpha value is -2.06. The first-order valence-electron chi connectivity index (χ1n) is 11.2. The molecule has 0 bridgehead atoms. The SMILES string of the molecule is OCc1cc(C(O)CNCCCCCCOCC(F)(F)CCc2ccccc2)ccc1O. The van der Waals surface area contributed by atoms with Gasteiger partial charge in [-0.15, -0.1) is 0 Å². The van der Waals surface area contributed by atoms with E-state index in [1.54, 1.807) is 12.1 Å². The maximum Gasteiger partial charge on any atom is 0.271 e. The predicted octanol–water partition coefficient (Wildman–Crippen LogP) is 4.35. The Morgan fingerprint density at radius 3 is 2.50 bits per heavy atom. The number of benzene rings is 2. The molecule has 0 aliphatic heterocycles. The summed E-state index contributed by atoms with van der Waals surface area (Å²) in [5.74, 6) is -2.80. The van der Waals surface area contributed by atoms with Gasteiger partial charge in [-0.2, -0.15) is 0 Å². The Kier molecular flexibility index (Phi) is 11.6. The zero-order valence-corrected chi connectivity index (χ0v) is 18.5. The van der Waals surface area contributed by atoms with Crippen LogP contribution in [0.5, 0.6) is 5.75 Å². The van der Waals surface area contributed by atoms with Crippen molar-refractivity contribution in [2.75, 3.05) is 26.3 Å². The van der Waals surface area contributed by atoms with E-state index in [1.165, 1.54) is 6.07 Å². The largest absolute Gasteiger partial charge is 0.508 e. The quantitative estimate of drug-likeness (QED) is 0.285. The number of aryl methyl sites for hydroxylation is 1. The van der Waals surface area contributed by atoms with E-state index in [4.69, 9.17) is 4.74 Å². The van der Waals surface area contributed by atoms with Crippen molar-refractivity contribution in [2.45, 2.75) is 57.2 Å². The molecule has 0 radical (unpaired) electrons. The zero-order chi connectivity index (χ0) is 23.2. The number of aliphatic hydroxyl groups is 2. The summed E-state index contributed by atoms with van der Waals surface area (Å²) in [5.41, 5.74) is 1.93. The van der Waals surface area contributed by atoms with Crippen LogP contribution in [0.4, 0.5) is 8.78 Å². The molecule has 0 saturated heterocycles. The van der Waals surface area contributed by atoms with E-state index >= 15 is 0 Å². The van der Waals surface area contributed by atoms with E-state index < -0.39 is 18.6 Å². The monoisotopic (exact) mass is 451 g/mol. The van der Waals surface area contributed by atoms with Crippen LogP contribution in [-0.4, -0.2) is 47.5 Å². The van der Waals surface area contributed by atoms with Crippen LogP contribution in [0.15, 0.2) is 48.5 Å². The highest BCUT2D eigenvalue weighted by Crippen LogP contribution is 2.23. The number of unbranched alkanes of at least 4 members (excludes halogenated alkanes) is 3. The van der Waals surface area contributed by atoms with Crippen LogP contribution in [0.3, 0.4) is 0 Å². The van der Waals surface area contributed by atoms with Crippen molar-refractivity contribution >= 4 is 0 Å². The molecule has 0 heterocycles. The molecule has 0 spiro atoms. The van der Waals surface area contributed by atoms with Crippen molar-refractivity contribution in [2.24, 2.45) is 0 Å². The molecule has 178 valence electrons. The third kappa shape index (κ3) is 10.0. The van der Waals surface area contributed by atoms with Gasteiger partial charge in [-0.1, -0.05) is 49.2 Å². The number of alkyl halides is 2. The van der Waals surface area contributed by atoms with Crippen molar-refractivity contribution in [3.05, 3.63) is 65.2 Å². The number of nitrogens with one attached hydrogen (secondary N) is 1. The number of phenols is 1. The van der Waals surface area contributed by atoms with E-state index in [0.717, 1.165) is 37.8 Å². The average Bonchev–Trinajstić information content (AvgIpc) is 2.80. The summed E-state index contributed by atoms with van der Waals surface area (Å²) in [6.45, 7) is 0.627. The lowest BCUT2D eigenvalue weighted by molar-refractivity contribution is -0.0822. The van der Waals surface area contributed by atoms with Gasteiger partial charge in [0.15, 0.2) is 0 Å². The lowest BCUT2D eigenvalue weighted by atomic mass is 10.1. The smallest absolute Gasteiger partial charge is 0.271 e. The highest BCUT2D eigenvalue weighted by atomic mass is 19.3. The Bertz CT molecular complexity index is 774. The van der Waals surface area contributed by atoms with Gasteiger partial charge < -0.3 is 25.4 Å². The van der Waals surface area contributed by atoms with Crippen LogP contribution in [-0.2, 0) is 17.8 Å². The van der Waals surface area contributed by atoms with Crippen LogP contribution in [0.2, 0.25) is 0 Å². The summed E-state index contributed by atoms with van der Waals surface area (Å²) >= 11 is 0. The topological polar surface area (TPSA) is 82.0 Å². The summed E-state index contributed by atoms with van der Waals surface area (Å²) in [4.78, 5) is 0. The Morgan fingerprint density at radius 1 is 1.00 bits per heavy atom. The van der Waals surface area contributed by atoms with E-state index in [9.17, 15) is 24.1 Å². The number of aliphatic hydroxyl groups excluding tert-OH is 2. The van der Waals surface area contributed by atoms with Crippen LogP contribution in [0, 0.1) is 0 Å². The highest BCUT2D eigenvalue weighted by Gasteiger charge is 2.28. The molecule has 4 N–H and O–H groups in total. The van der Waals surface area contributed by atoms with Gasteiger partial charge in [0, 0.05) is 25.1 Å². The van der Waals surface area contributed by atoms with E-state index in [1.807, 2.05) is 30.3 Å². The molecule has 0 saturated carbocycles.